The number of carbonyl (C=O) groups excluding carboxylic acids is 2. The minimum absolute atomic E-state index is 0.0212. The van der Waals surface area contributed by atoms with Crippen molar-refractivity contribution in [1.82, 2.24) is 5.32 Å². The molecule has 0 saturated carbocycles. The van der Waals surface area contributed by atoms with Crippen molar-refractivity contribution in [3.63, 3.8) is 0 Å². The van der Waals surface area contributed by atoms with Crippen molar-refractivity contribution in [2.75, 3.05) is 24.5 Å². The molecule has 0 radical (unpaired) electrons. The summed E-state index contributed by atoms with van der Waals surface area (Å²) in [5.74, 6) is -1.26. The number of nitrogens with zero attached hydrogens (tertiary/aromatic N) is 1. The largest absolute Gasteiger partial charge is 0.416 e. The lowest BCUT2D eigenvalue weighted by molar-refractivity contribution is -0.137. The van der Waals surface area contributed by atoms with Crippen LogP contribution in [0.2, 0.25) is 0 Å². The second kappa shape index (κ2) is 6.35. The van der Waals surface area contributed by atoms with Crippen molar-refractivity contribution in [3.05, 3.63) is 29.8 Å². The smallest absolute Gasteiger partial charge is 0.355 e. The van der Waals surface area contributed by atoms with Gasteiger partial charge in [0.25, 0.3) is 0 Å². The molecule has 1 aromatic carbocycles. The minimum atomic E-state index is -4.48. The van der Waals surface area contributed by atoms with Crippen molar-refractivity contribution in [3.8, 4) is 0 Å². The Kier molecular flexibility index (Phi) is 4.70. The summed E-state index contributed by atoms with van der Waals surface area (Å²) >= 11 is 0. The fraction of sp³-hybridized carbons (Fsp3) is 0.429. The van der Waals surface area contributed by atoms with E-state index in [0.29, 0.717) is 6.54 Å². The highest BCUT2D eigenvalue weighted by atomic mass is 19.4. The molecule has 1 aromatic rings. The van der Waals surface area contributed by atoms with E-state index in [4.69, 9.17) is 5.73 Å². The van der Waals surface area contributed by atoms with E-state index in [2.05, 4.69) is 5.32 Å². The molecule has 22 heavy (non-hydrogen) atoms. The molecule has 0 aliphatic carbocycles. The van der Waals surface area contributed by atoms with E-state index in [-0.39, 0.29) is 37.0 Å². The summed E-state index contributed by atoms with van der Waals surface area (Å²) < 4.78 is 38.2. The minimum Gasteiger partial charge on any atom is -0.355 e. The van der Waals surface area contributed by atoms with Gasteiger partial charge in [-0.25, -0.2) is 0 Å². The van der Waals surface area contributed by atoms with E-state index in [0.717, 1.165) is 12.1 Å². The number of hydrogen-bond donors (Lipinski definition) is 2. The van der Waals surface area contributed by atoms with Crippen LogP contribution in [0, 0.1) is 5.92 Å². The van der Waals surface area contributed by atoms with Crippen molar-refractivity contribution < 1.29 is 22.8 Å². The van der Waals surface area contributed by atoms with E-state index in [1.807, 2.05) is 0 Å². The maximum atomic E-state index is 12.7. The lowest BCUT2D eigenvalue weighted by Crippen LogP contribution is -2.35. The third-order valence-corrected chi connectivity index (χ3v) is 3.42. The maximum absolute atomic E-state index is 12.7. The van der Waals surface area contributed by atoms with Gasteiger partial charge in [-0.05, 0) is 18.2 Å². The topological polar surface area (TPSA) is 75.4 Å². The third-order valence-electron chi connectivity index (χ3n) is 3.42. The molecule has 0 spiro atoms. The monoisotopic (exact) mass is 315 g/mol. The summed E-state index contributed by atoms with van der Waals surface area (Å²) in [5.41, 5.74) is 4.60. The normalized spacial score (nSPS) is 18.6. The predicted molar refractivity (Wildman–Crippen MR) is 74.0 cm³/mol. The summed E-state index contributed by atoms with van der Waals surface area (Å²) in [7, 11) is 0. The summed E-state index contributed by atoms with van der Waals surface area (Å²) in [6.07, 6.45) is -4.50. The zero-order chi connectivity index (χ0) is 16.3. The second-order valence-electron chi connectivity index (χ2n) is 5.03. The van der Waals surface area contributed by atoms with Gasteiger partial charge in [-0.1, -0.05) is 6.07 Å². The molecular weight excluding hydrogens is 299 g/mol. The highest BCUT2D eigenvalue weighted by Gasteiger charge is 2.36. The van der Waals surface area contributed by atoms with Gasteiger partial charge >= 0.3 is 6.18 Å². The molecule has 0 aromatic heterocycles. The summed E-state index contributed by atoms with van der Waals surface area (Å²) in [6.45, 7) is 0.646. The fourth-order valence-electron chi connectivity index (χ4n) is 2.32. The number of hydrogen-bond acceptors (Lipinski definition) is 3. The van der Waals surface area contributed by atoms with Gasteiger partial charge in [0.1, 0.15) is 0 Å². The second-order valence-corrected chi connectivity index (χ2v) is 5.03. The van der Waals surface area contributed by atoms with Crippen LogP contribution in [-0.2, 0) is 15.8 Å². The van der Waals surface area contributed by atoms with Gasteiger partial charge in [-0.3, -0.25) is 9.59 Å². The highest BCUT2D eigenvalue weighted by Crippen LogP contribution is 2.33. The van der Waals surface area contributed by atoms with Crippen LogP contribution in [0.5, 0.6) is 0 Å². The first kappa shape index (κ1) is 16.3. The molecule has 5 nitrogen and oxygen atoms in total. The Morgan fingerprint density at radius 1 is 1.41 bits per heavy atom. The Balaban J connectivity index is 2.13. The molecule has 2 rings (SSSR count). The number of carbonyl (C=O) groups is 2. The highest BCUT2D eigenvalue weighted by molar-refractivity contribution is 6.00. The van der Waals surface area contributed by atoms with Crippen LogP contribution >= 0.6 is 0 Å². The molecule has 1 fully saturated rings. The van der Waals surface area contributed by atoms with Crippen LogP contribution in [0.3, 0.4) is 0 Å². The molecule has 8 heteroatoms. The number of benzene rings is 1. The molecule has 1 atom stereocenters. The predicted octanol–water partition coefficient (Wildman–Crippen LogP) is 1.13. The van der Waals surface area contributed by atoms with Crippen molar-refractivity contribution in [2.45, 2.75) is 12.6 Å². The van der Waals surface area contributed by atoms with Crippen LogP contribution < -0.4 is 16.0 Å². The summed E-state index contributed by atoms with van der Waals surface area (Å²) in [4.78, 5) is 25.0. The van der Waals surface area contributed by atoms with Crippen LogP contribution in [-0.4, -0.2) is 31.4 Å². The Labute approximate surface area is 125 Å². The Bertz CT molecular complexity index is 575. The quantitative estimate of drug-likeness (QED) is 0.875. The number of halogens is 3. The van der Waals surface area contributed by atoms with E-state index in [9.17, 15) is 22.8 Å². The molecule has 1 aliphatic rings. The summed E-state index contributed by atoms with van der Waals surface area (Å²) in [6, 6.07) is 4.52. The lowest BCUT2D eigenvalue weighted by atomic mass is 10.1. The van der Waals surface area contributed by atoms with Crippen LogP contribution in [0.25, 0.3) is 0 Å². The molecule has 3 N–H and O–H groups in total. The molecule has 1 heterocycles. The van der Waals surface area contributed by atoms with Crippen LogP contribution in [0.4, 0.5) is 18.9 Å². The molecule has 0 bridgehead atoms. The number of anilines is 1. The van der Waals surface area contributed by atoms with Gasteiger partial charge in [0.2, 0.25) is 11.8 Å². The molecule has 1 unspecified atom stereocenters. The Morgan fingerprint density at radius 2 is 2.14 bits per heavy atom. The molecule has 1 aliphatic heterocycles. The van der Waals surface area contributed by atoms with Crippen molar-refractivity contribution in [1.29, 1.82) is 0 Å². The average molecular weight is 315 g/mol. The average Bonchev–Trinajstić information content (AvgIpc) is 2.86. The number of nitrogens with one attached hydrogen (secondary N) is 1. The zero-order valence-electron chi connectivity index (χ0n) is 11.7. The van der Waals surface area contributed by atoms with Crippen LogP contribution in [0.1, 0.15) is 12.0 Å². The van der Waals surface area contributed by atoms with Gasteiger partial charge in [-0.2, -0.15) is 13.2 Å². The SMILES string of the molecule is NCCNC(=O)C1CC(=O)N(c2cccc(C(F)(F)F)c2)C1. The number of amides is 2. The number of rotatable bonds is 4. The van der Waals surface area contributed by atoms with E-state index >= 15 is 0 Å². The first-order valence-corrected chi connectivity index (χ1v) is 6.78. The van der Waals surface area contributed by atoms with Gasteiger partial charge in [0, 0.05) is 31.7 Å². The maximum Gasteiger partial charge on any atom is 0.416 e. The van der Waals surface area contributed by atoms with Crippen molar-refractivity contribution >= 4 is 17.5 Å². The number of nitrogens with two attached hydrogens (primary N) is 1. The van der Waals surface area contributed by atoms with Gasteiger partial charge in [0.05, 0.1) is 11.5 Å². The van der Waals surface area contributed by atoms with Gasteiger partial charge in [0.15, 0.2) is 0 Å². The van der Waals surface area contributed by atoms with Gasteiger partial charge in [-0.15, -0.1) is 0 Å². The number of alkyl halides is 3. The van der Waals surface area contributed by atoms with Crippen LogP contribution in [0.15, 0.2) is 24.3 Å². The molecule has 1 saturated heterocycles. The Hall–Kier alpha value is -2.09. The first-order valence-electron chi connectivity index (χ1n) is 6.78. The first-order chi connectivity index (χ1) is 10.3. The molecule has 120 valence electrons. The molecular formula is C14H16F3N3O2. The van der Waals surface area contributed by atoms with Gasteiger partial charge < -0.3 is 16.0 Å². The standard InChI is InChI=1S/C14H16F3N3O2/c15-14(16,17)10-2-1-3-11(7-10)20-8-9(6-12(20)21)13(22)19-5-4-18/h1-3,7,9H,4-6,8,18H2,(H,19,22). The fourth-order valence-corrected chi connectivity index (χ4v) is 2.32. The zero-order valence-corrected chi connectivity index (χ0v) is 11.7. The summed E-state index contributed by atoms with van der Waals surface area (Å²) in [5, 5.41) is 2.58. The lowest BCUT2D eigenvalue weighted by Gasteiger charge is -2.18. The van der Waals surface area contributed by atoms with Crippen molar-refractivity contribution in [2.24, 2.45) is 11.7 Å². The van der Waals surface area contributed by atoms with E-state index < -0.39 is 17.7 Å². The molecule has 2 amide bonds. The Morgan fingerprint density at radius 3 is 2.77 bits per heavy atom. The van der Waals surface area contributed by atoms with E-state index in [1.165, 1.54) is 17.0 Å². The van der Waals surface area contributed by atoms with E-state index in [1.54, 1.807) is 0 Å². The third kappa shape index (κ3) is 3.56.